The topological polar surface area (TPSA) is 52.8 Å². The normalized spacial score (nSPS) is 11.8. The van der Waals surface area contributed by atoms with Crippen molar-refractivity contribution in [2.45, 2.75) is 11.3 Å². The Bertz CT molecular complexity index is 1240. The van der Waals surface area contributed by atoms with Crippen LogP contribution in [0.5, 0.6) is 5.75 Å². The fourth-order valence-corrected chi connectivity index (χ4v) is 3.40. The van der Waals surface area contributed by atoms with E-state index in [-0.39, 0.29) is 11.4 Å². The minimum absolute atomic E-state index is 0.100. The number of thioether (sulfide) groups is 1. The van der Waals surface area contributed by atoms with E-state index in [1.165, 1.54) is 24.9 Å². The van der Waals surface area contributed by atoms with Crippen LogP contribution in [0.25, 0.3) is 28.2 Å². The van der Waals surface area contributed by atoms with Gasteiger partial charge in [-0.3, -0.25) is 4.57 Å². The van der Waals surface area contributed by atoms with E-state index >= 15 is 0 Å². The summed E-state index contributed by atoms with van der Waals surface area (Å²) < 4.78 is 60.5. The van der Waals surface area contributed by atoms with E-state index in [1.807, 2.05) is 6.26 Å². The number of benzene rings is 2. The molecule has 0 bridgehead atoms. The van der Waals surface area contributed by atoms with E-state index in [1.54, 1.807) is 35.0 Å². The molecule has 154 valence electrons. The maximum absolute atomic E-state index is 13.8. The van der Waals surface area contributed by atoms with Crippen molar-refractivity contribution in [3.05, 3.63) is 60.0 Å². The zero-order valence-corrected chi connectivity index (χ0v) is 16.6. The molecule has 4 rings (SSSR count). The van der Waals surface area contributed by atoms with Crippen LogP contribution in [0, 0.1) is 5.82 Å². The molecule has 0 aliphatic heterocycles. The quantitative estimate of drug-likeness (QED) is 0.246. The highest BCUT2D eigenvalue weighted by Gasteiger charge is 2.34. The van der Waals surface area contributed by atoms with Crippen molar-refractivity contribution in [3.63, 3.8) is 0 Å². The molecule has 0 radical (unpaired) electrons. The van der Waals surface area contributed by atoms with Gasteiger partial charge in [-0.1, -0.05) is 11.8 Å². The Hall–Kier alpha value is -3.14. The van der Waals surface area contributed by atoms with Crippen LogP contribution in [0.3, 0.4) is 0 Å². The minimum atomic E-state index is -4.83. The number of imidazole rings is 1. The monoisotopic (exact) mass is 434 g/mol. The summed E-state index contributed by atoms with van der Waals surface area (Å²) in [6.45, 7) is 0. The van der Waals surface area contributed by atoms with Gasteiger partial charge in [0.25, 0.3) is 0 Å². The lowest BCUT2D eigenvalue weighted by atomic mass is 10.1. The molecule has 0 fully saturated rings. The third-order valence-corrected chi connectivity index (χ3v) is 4.98. The highest BCUT2D eigenvalue weighted by Crippen LogP contribution is 2.36. The lowest BCUT2D eigenvalue weighted by Gasteiger charge is -2.12. The molecule has 0 aliphatic carbocycles. The maximum Gasteiger partial charge on any atom is 0.419 e. The molecule has 2 aromatic carbocycles. The molecule has 5 nitrogen and oxygen atoms in total. The molecule has 0 saturated carbocycles. The second-order valence-corrected chi connectivity index (χ2v) is 6.99. The van der Waals surface area contributed by atoms with Crippen LogP contribution in [-0.2, 0) is 6.18 Å². The summed E-state index contributed by atoms with van der Waals surface area (Å²) in [4.78, 5) is 13.1. The van der Waals surface area contributed by atoms with E-state index in [0.717, 1.165) is 12.1 Å². The summed E-state index contributed by atoms with van der Waals surface area (Å²) in [5, 5.41) is 0.485. The third kappa shape index (κ3) is 3.58. The molecule has 10 heteroatoms. The zero-order valence-electron chi connectivity index (χ0n) is 15.7. The first kappa shape index (κ1) is 20.1. The average Bonchev–Trinajstić information content (AvgIpc) is 3.11. The second kappa shape index (κ2) is 7.60. The summed E-state index contributed by atoms with van der Waals surface area (Å²) in [5.74, 6) is -0.195. The lowest BCUT2D eigenvalue weighted by molar-refractivity contribution is -0.139. The van der Waals surface area contributed by atoms with Crippen molar-refractivity contribution in [2.75, 3.05) is 13.4 Å². The number of alkyl halides is 3. The number of ether oxygens (including phenoxy) is 1. The van der Waals surface area contributed by atoms with E-state index in [0.29, 0.717) is 27.8 Å². The van der Waals surface area contributed by atoms with Crippen molar-refractivity contribution < 1.29 is 22.3 Å². The summed E-state index contributed by atoms with van der Waals surface area (Å²) in [6.07, 6.45) is -1.47. The van der Waals surface area contributed by atoms with Crippen LogP contribution in [-0.4, -0.2) is 32.9 Å². The number of methoxy groups -OCH3 is 1. The van der Waals surface area contributed by atoms with Gasteiger partial charge in [0, 0.05) is 17.8 Å². The number of hydrogen-bond donors (Lipinski definition) is 0. The van der Waals surface area contributed by atoms with Gasteiger partial charge < -0.3 is 4.74 Å². The first-order valence-electron chi connectivity index (χ1n) is 8.63. The predicted octanol–water partition coefficient (Wildman–Crippen LogP) is 5.37. The Kier molecular flexibility index (Phi) is 5.10. The number of nitrogens with zero attached hydrogens (tertiary/aromatic N) is 4. The molecule has 0 amide bonds. The Morgan fingerprint density at radius 1 is 1.03 bits per heavy atom. The first-order valence-corrected chi connectivity index (χ1v) is 9.85. The van der Waals surface area contributed by atoms with Gasteiger partial charge in [0.15, 0.2) is 5.16 Å². The molecule has 0 unspecified atom stereocenters. The van der Waals surface area contributed by atoms with E-state index in [2.05, 4.69) is 15.0 Å². The predicted molar refractivity (Wildman–Crippen MR) is 105 cm³/mol. The molecule has 0 spiro atoms. The summed E-state index contributed by atoms with van der Waals surface area (Å²) in [5.41, 5.74) is -0.159. The van der Waals surface area contributed by atoms with Crippen molar-refractivity contribution >= 4 is 22.8 Å². The Balaban J connectivity index is 2.03. The molecular weight excluding hydrogens is 420 g/mol. The van der Waals surface area contributed by atoms with E-state index < -0.39 is 17.6 Å². The van der Waals surface area contributed by atoms with Gasteiger partial charge in [-0.05, 0) is 42.7 Å². The van der Waals surface area contributed by atoms with Gasteiger partial charge in [0.05, 0.1) is 23.7 Å². The van der Waals surface area contributed by atoms with E-state index in [4.69, 9.17) is 4.74 Å². The third-order valence-electron chi connectivity index (χ3n) is 4.42. The molecule has 2 aromatic heterocycles. The highest BCUT2D eigenvalue weighted by atomic mass is 32.2. The highest BCUT2D eigenvalue weighted by molar-refractivity contribution is 7.98. The fraction of sp³-hybridized carbons (Fsp3) is 0.150. The standard InChI is InChI=1S/C20H14F4N4OS/c1-29-12-4-6-15-16(10-12)28(17-7-8-25-19(27-17)30-2)18(26-15)11-3-5-14(21)13(9-11)20(22,23)24/h3-10H,1-2H3. The van der Waals surface area contributed by atoms with Crippen LogP contribution in [0.4, 0.5) is 17.6 Å². The van der Waals surface area contributed by atoms with Gasteiger partial charge >= 0.3 is 6.18 Å². The number of hydrogen-bond acceptors (Lipinski definition) is 5. The Morgan fingerprint density at radius 2 is 1.83 bits per heavy atom. The molecule has 4 aromatic rings. The average molecular weight is 434 g/mol. The van der Waals surface area contributed by atoms with Gasteiger partial charge in [-0.15, -0.1) is 0 Å². The van der Waals surface area contributed by atoms with E-state index in [9.17, 15) is 17.6 Å². The minimum Gasteiger partial charge on any atom is -0.497 e. The van der Waals surface area contributed by atoms with Crippen molar-refractivity contribution in [3.8, 4) is 23.0 Å². The molecule has 30 heavy (non-hydrogen) atoms. The summed E-state index contributed by atoms with van der Waals surface area (Å²) >= 11 is 1.32. The van der Waals surface area contributed by atoms with Gasteiger partial charge in [0.2, 0.25) is 0 Å². The van der Waals surface area contributed by atoms with Crippen LogP contribution in [0.15, 0.2) is 53.8 Å². The summed E-state index contributed by atoms with van der Waals surface area (Å²) in [7, 11) is 1.51. The molecular formula is C20H14F4N4OS. The number of rotatable bonds is 4. The summed E-state index contributed by atoms with van der Waals surface area (Å²) in [6, 6.07) is 9.52. The maximum atomic E-state index is 13.8. The molecule has 0 aliphatic rings. The largest absolute Gasteiger partial charge is 0.497 e. The smallest absolute Gasteiger partial charge is 0.419 e. The van der Waals surface area contributed by atoms with Gasteiger partial charge in [-0.25, -0.2) is 19.3 Å². The van der Waals surface area contributed by atoms with Crippen LogP contribution in [0.1, 0.15) is 5.56 Å². The SMILES string of the molecule is COc1ccc2nc(-c3ccc(F)c(C(F)(F)F)c3)n(-c3ccnc(SC)n3)c2c1. The van der Waals surface area contributed by atoms with Crippen LogP contribution < -0.4 is 4.74 Å². The Morgan fingerprint density at radius 3 is 2.53 bits per heavy atom. The van der Waals surface area contributed by atoms with Crippen molar-refractivity contribution in [1.82, 2.24) is 19.5 Å². The molecule has 0 atom stereocenters. The van der Waals surface area contributed by atoms with Crippen molar-refractivity contribution in [2.24, 2.45) is 0 Å². The Labute approximate surface area is 172 Å². The van der Waals surface area contributed by atoms with Gasteiger partial charge in [0.1, 0.15) is 23.2 Å². The lowest BCUT2D eigenvalue weighted by Crippen LogP contribution is -2.09. The van der Waals surface area contributed by atoms with Crippen LogP contribution >= 0.6 is 11.8 Å². The van der Waals surface area contributed by atoms with Crippen LogP contribution in [0.2, 0.25) is 0 Å². The van der Waals surface area contributed by atoms with Crippen molar-refractivity contribution in [1.29, 1.82) is 0 Å². The number of fused-ring (bicyclic) bond motifs is 1. The number of halogens is 4. The number of aromatic nitrogens is 4. The first-order chi connectivity index (χ1) is 14.3. The molecule has 0 saturated heterocycles. The second-order valence-electron chi connectivity index (χ2n) is 6.22. The molecule has 0 N–H and O–H groups in total. The fourth-order valence-electron chi connectivity index (χ4n) is 3.04. The molecule has 2 heterocycles. The van der Waals surface area contributed by atoms with Gasteiger partial charge in [-0.2, -0.15) is 13.2 Å². The zero-order chi connectivity index (χ0) is 21.5.